The number of nitrogens with zero attached hydrogens (tertiary/aromatic N) is 1. The molecule has 0 aliphatic carbocycles. The topological polar surface area (TPSA) is 81.6 Å². The van der Waals surface area contributed by atoms with Crippen LogP contribution < -0.4 is 15.4 Å². The third kappa shape index (κ3) is 4.71. The summed E-state index contributed by atoms with van der Waals surface area (Å²) in [5.41, 5.74) is 4.33. The Morgan fingerprint density at radius 1 is 1.24 bits per heavy atom. The first-order valence-corrected chi connectivity index (χ1v) is 11.6. The molecule has 0 saturated carbocycles. The van der Waals surface area contributed by atoms with Crippen LogP contribution in [-0.2, 0) is 20.9 Å². The maximum atomic E-state index is 12.8. The van der Waals surface area contributed by atoms with Gasteiger partial charge < -0.3 is 24.7 Å². The summed E-state index contributed by atoms with van der Waals surface area (Å²) in [6.45, 7) is 6.22. The smallest absolute Gasteiger partial charge is 0.325 e. The Morgan fingerprint density at radius 3 is 2.79 bits per heavy atom. The fourth-order valence-corrected chi connectivity index (χ4v) is 4.91. The number of methoxy groups -OCH3 is 1. The van der Waals surface area contributed by atoms with Crippen LogP contribution in [0.3, 0.4) is 0 Å². The standard InChI is InChI=1S/C25H27N3O4S/c1-5-32-23(29)14-28-16(3)18(17-8-6-7-9-20(17)28)13-22-24(30)27-25(33-22)26-19-12-15(2)10-11-21(19)31-4/h6-13,25-26H,5,14H2,1-4H3,(H,27,30)/b22-13-. The summed E-state index contributed by atoms with van der Waals surface area (Å²) in [6.07, 6.45) is 1.90. The van der Waals surface area contributed by atoms with Gasteiger partial charge in [-0.3, -0.25) is 9.59 Å². The molecule has 1 saturated heterocycles. The van der Waals surface area contributed by atoms with Crippen molar-refractivity contribution in [3.05, 3.63) is 64.2 Å². The number of carbonyl (C=O) groups is 2. The van der Waals surface area contributed by atoms with Gasteiger partial charge in [-0.25, -0.2) is 0 Å². The van der Waals surface area contributed by atoms with Gasteiger partial charge in [-0.1, -0.05) is 36.0 Å². The second-order valence-corrected chi connectivity index (χ2v) is 8.88. The van der Waals surface area contributed by atoms with Crippen molar-refractivity contribution in [3.63, 3.8) is 0 Å². The minimum Gasteiger partial charge on any atom is -0.495 e. The third-order valence-electron chi connectivity index (χ3n) is 5.52. The molecule has 2 heterocycles. The van der Waals surface area contributed by atoms with Crippen molar-refractivity contribution >= 4 is 46.3 Å². The molecule has 172 valence electrons. The van der Waals surface area contributed by atoms with Gasteiger partial charge in [-0.15, -0.1) is 0 Å². The molecule has 4 rings (SSSR count). The van der Waals surface area contributed by atoms with Gasteiger partial charge in [-0.2, -0.15) is 0 Å². The molecule has 3 aromatic rings. The number of nitrogens with one attached hydrogen (secondary N) is 2. The van der Waals surface area contributed by atoms with E-state index in [0.29, 0.717) is 17.3 Å². The summed E-state index contributed by atoms with van der Waals surface area (Å²) < 4.78 is 12.5. The summed E-state index contributed by atoms with van der Waals surface area (Å²) in [5.74, 6) is 0.279. The lowest BCUT2D eigenvalue weighted by molar-refractivity contribution is -0.143. The highest BCUT2D eigenvalue weighted by Crippen LogP contribution is 2.36. The fraction of sp³-hybridized carbons (Fsp3) is 0.280. The molecule has 1 unspecified atom stereocenters. The number of benzene rings is 2. The molecule has 1 aliphatic rings. The van der Waals surface area contributed by atoms with Gasteiger partial charge in [0.2, 0.25) is 0 Å². The number of anilines is 1. The molecular formula is C25H27N3O4S. The van der Waals surface area contributed by atoms with Crippen molar-refractivity contribution in [3.8, 4) is 5.75 Å². The average molecular weight is 466 g/mol. The number of aromatic nitrogens is 1. The number of amides is 1. The summed E-state index contributed by atoms with van der Waals surface area (Å²) in [4.78, 5) is 25.5. The lowest BCUT2D eigenvalue weighted by Gasteiger charge is -2.16. The summed E-state index contributed by atoms with van der Waals surface area (Å²) in [5, 5.41) is 7.30. The summed E-state index contributed by atoms with van der Waals surface area (Å²) in [6, 6.07) is 13.7. The molecule has 1 aromatic heterocycles. The van der Waals surface area contributed by atoms with Crippen molar-refractivity contribution in [2.45, 2.75) is 32.8 Å². The van der Waals surface area contributed by atoms with Gasteiger partial charge in [0.1, 0.15) is 12.3 Å². The van der Waals surface area contributed by atoms with Crippen LogP contribution in [0.25, 0.3) is 17.0 Å². The lowest BCUT2D eigenvalue weighted by Crippen LogP contribution is -2.31. The van der Waals surface area contributed by atoms with E-state index in [1.807, 2.05) is 67.0 Å². The largest absolute Gasteiger partial charge is 0.495 e. The first-order valence-electron chi connectivity index (χ1n) is 10.7. The van der Waals surface area contributed by atoms with Crippen LogP contribution in [0.4, 0.5) is 5.69 Å². The summed E-state index contributed by atoms with van der Waals surface area (Å²) >= 11 is 1.41. The molecule has 1 amide bonds. The van der Waals surface area contributed by atoms with Crippen LogP contribution in [0.2, 0.25) is 0 Å². The summed E-state index contributed by atoms with van der Waals surface area (Å²) in [7, 11) is 1.62. The van der Waals surface area contributed by atoms with Gasteiger partial charge in [0.25, 0.3) is 5.91 Å². The normalized spacial score (nSPS) is 16.8. The van der Waals surface area contributed by atoms with Crippen LogP contribution in [-0.4, -0.2) is 35.7 Å². The van der Waals surface area contributed by atoms with Gasteiger partial charge in [0, 0.05) is 22.2 Å². The van der Waals surface area contributed by atoms with Gasteiger partial charge in [0.15, 0.2) is 5.50 Å². The van der Waals surface area contributed by atoms with Crippen molar-refractivity contribution in [1.29, 1.82) is 0 Å². The minimum atomic E-state index is -0.326. The zero-order chi connectivity index (χ0) is 23.5. The quantitative estimate of drug-likeness (QED) is 0.397. The van der Waals surface area contributed by atoms with E-state index >= 15 is 0 Å². The van der Waals surface area contributed by atoms with Crippen LogP contribution in [0.1, 0.15) is 23.7 Å². The van der Waals surface area contributed by atoms with Crippen LogP contribution in [0.5, 0.6) is 5.75 Å². The molecule has 33 heavy (non-hydrogen) atoms. The molecule has 0 spiro atoms. The van der Waals surface area contributed by atoms with Gasteiger partial charge in [0.05, 0.1) is 24.3 Å². The van der Waals surface area contributed by atoms with Crippen LogP contribution in [0, 0.1) is 13.8 Å². The highest BCUT2D eigenvalue weighted by molar-refractivity contribution is 8.05. The predicted molar refractivity (Wildman–Crippen MR) is 132 cm³/mol. The van der Waals surface area contributed by atoms with E-state index in [-0.39, 0.29) is 23.9 Å². The van der Waals surface area contributed by atoms with Gasteiger partial charge >= 0.3 is 5.97 Å². The van der Waals surface area contributed by atoms with E-state index in [0.717, 1.165) is 33.4 Å². The first kappa shape index (κ1) is 22.8. The number of ether oxygens (including phenoxy) is 2. The second kappa shape index (κ2) is 9.62. The monoisotopic (exact) mass is 465 g/mol. The van der Waals surface area contributed by atoms with E-state index in [9.17, 15) is 9.59 Å². The highest BCUT2D eigenvalue weighted by Gasteiger charge is 2.29. The second-order valence-electron chi connectivity index (χ2n) is 7.74. The highest BCUT2D eigenvalue weighted by atomic mass is 32.2. The van der Waals surface area contributed by atoms with Crippen LogP contribution in [0.15, 0.2) is 47.4 Å². The Morgan fingerprint density at radius 2 is 2.03 bits per heavy atom. The molecule has 2 N–H and O–H groups in total. The number of hydrogen-bond donors (Lipinski definition) is 2. The molecule has 0 radical (unpaired) electrons. The molecule has 2 aromatic carbocycles. The molecule has 1 fully saturated rings. The number of rotatable bonds is 7. The van der Waals surface area contributed by atoms with Gasteiger partial charge in [-0.05, 0) is 50.6 Å². The maximum Gasteiger partial charge on any atom is 0.325 e. The van der Waals surface area contributed by atoms with Crippen molar-refractivity contribution in [2.75, 3.05) is 19.0 Å². The zero-order valence-corrected chi connectivity index (χ0v) is 19.9. The lowest BCUT2D eigenvalue weighted by atomic mass is 10.1. The molecule has 1 aliphatic heterocycles. The number of hydrogen-bond acceptors (Lipinski definition) is 6. The molecule has 0 bridgehead atoms. The number of fused-ring (bicyclic) bond motifs is 1. The van der Waals surface area contributed by atoms with E-state index in [1.54, 1.807) is 14.0 Å². The van der Waals surface area contributed by atoms with Crippen molar-refractivity contribution in [1.82, 2.24) is 9.88 Å². The third-order valence-corrected chi connectivity index (χ3v) is 6.55. The first-order chi connectivity index (χ1) is 15.9. The minimum absolute atomic E-state index is 0.125. The number of thioether (sulfide) groups is 1. The molecular weight excluding hydrogens is 438 g/mol. The molecule has 1 atom stereocenters. The van der Waals surface area contributed by atoms with Crippen molar-refractivity contribution in [2.24, 2.45) is 0 Å². The SMILES string of the molecule is CCOC(=O)Cn1c(C)c(/C=C2\SC(Nc3cc(C)ccc3OC)NC2=O)c2ccccc21. The number of esters is 1. The molecule has 7 nitrogen and oxygen atoms in total. The number of carbonyl (C=O) groups excluding carboxylic acids is 2. The Balaban J connectivity index is 1.64. The molecule has 8 heteroatoms. The Labute approximate surface area is 197 Å². The fourth-order valence-electron chi connectivity index (χ4n) is 3.95. The van der Waals surface area contributed by atoms with E-state index in [1.165, 1.54) is 11.8 Å². The van der Waals surface area contributed by atoms with E-state index in [4.69, 9.17) is 9.47 Å². The predicted octanol–water partition coefficient (Wildman–Crippen LogP) is 4.43. The van der Waals surface area contributed by atoms with Crippen molar-refractivity contribution < 1.29 is 19.1 Å². The zero-order valence-electron chi connectivity index (χ0n) is 19.1. The average Bonchev–Trinajstić information content (AvgIpc) is 3.26. The number of para-hydroxylation sites is 1. The maximum absolute atomic E-state index is 12.8. The Hall–Kier alpha value is -3.39. The van der Waals surface area contributed by atoms with E-state index < -0.39 is 0 Å². The number of aryl methyl sites for hydroxylation is 1. The van der Waals surface area contributed by atoms with E-state index in [2.05, 4.69) is 10.6 Å². The Kier molecular flexibility index (Phi) is 6.65. The van der Waals surface area contributed by atoms with Crippen LogP contribution >= 0.6 is 11.8 Å². The Bertz CT molecular complexity index is 1250.